The maximum atomic E-state index is 13.3. The van der Waals surface area contributed by atoms with Crippen LogP contribution < -0.4 is 4.74 Å². The second kappa shape index (κ2) is 13.0. The van der Waals surface area contributed by atoms with E-state index < -0.39 is 23.3 Å². The Morgan fingerprint density at radius 3 is 2.16 bits per heavy atom. The van der Waals surface area contributed by atoms with Gasteiger partial charge in [0.25, 0.3) is 0 Å². The molecule has 1 aromatic heterocycles. The number of esters is 1. The van der Waals surface area contributed by atoms with Crippen molar-refractivity contribution in [1.29, 1.82) is 0 Å². The Morgan fingerprint density at radius 2 is 1.55 bits per heavy atom. The monoisotopic (exact) mass is 636 g/mol. The fourth-order valence-electron chi connectivity index (χ4n) is 4.57. The summed E-state index contributed by atoms with van der Waals surface area (Å²) in [5.74, 6) is 0.170. The van der Waals surface area contributed by atoms with Crippen LogP contribution >= 0.6 is 23.2 Å². The Hall–Kier alpha value is -4.53. The predicted octanol–water partition coefficient (Wildman–Crippen LogP) is 10.3. The van der Waals surface area contributed by atoms with Crippen molar-refractivity contribution >= 4 is 41.3 Å². The maximum Gasteiger partial charge on any atom is 0.417 e. The highest BCUT2D eigenvalue weighted by atomic mass is 35.5. The summed E-state index contributed by atoms with van der Waals surface area (Å²) in [6.45, 7) is 2.78. The van der Waals surface area contributed by atoms with E-state index in [1.54, 1.807) is 24.3 Å². The summed E-state index contributed by atoms with van der Waals surface area (Å²) in [4.78, 5) is 16.7. The maximum absolute atomic E-state index is 13.3. The van der Waals surface area contributed by atoms with Crippen molar-refractivity contribution < 1.29 is 27.4 Å². The van der Waals surface area contributed by atoms with E-state index in [1.807, 2.05) is 72.3 Å². The number of carbonyl (C=O) groups excluding carboxylic acids is 1. The van der Waals surface area contributed by atoms with Gasteiger partial charge < -0.3 is 14.0 Å². The molecule has 0 fully saturated rings. The molecule has 0 aliphatic heterocycles. The lowest BCUT2D eigenvalue weighted by atomic mass is 10.0. The zero-order valence-electron chi connectivity index (χ0n) is 23.5. The van der Waals surface area contributed by atoms with Gasteiger partial charge in [0.2, 0.25) is 0 Å². The number of benzene rings is 4. The molecule has 0 aliphatic rings. The van der Waals surface area contributed by atoms with Crippen molar-refractivity contribution in [2.75, 3.05) is 7.11 Å². The third kappa shape index (κ3) is 6.98. The highest BCUT2D eigenvalue weighted by molar-refractivity contribution is 6.36. The smallest absolute Gasteiger partial charge is 0.417 e. The van der Waals surface area contributed by atoms with Crippen molar-refractivity contribution in [3.05, 3.63) is 124 Å². The second-order valence-corrected chi connectivity index (χ2v) is 10.5. The van der Waals surface area contributed by atoms with Crippen LogP contribution in [0.2, 0.25) is 10.0 Å². The van der Waals surface area contributed by atoms with Crippen LogP contribution in [0.4, 0.5) is 13.2 Å². The average molecular weight is 637 g/mol. The zero-order chi connectivity index (χ0) is 31.4. The van der Waals surface area contributed by atoms with Crippen LogP contribution in [0.15, 0.2) is 91.1 Å². The van der Waals surface area contributed by atoms with Crippen molar-refractivity contribution in [3.8, 4) is 33.9 Å². The largest absolute Gasteiger partial charge is 0.465 e. The minimum absolute atomic E-state index is 0.0781. The molecule has 44 heavy (non-hydrogen) atoms. The molecular formula is C34H25Cl2F3N2O3. The summed E-state index contributed by atoms with van der Waals surface area (Å²) in [5, 5.41) is 1.10. The first kappa shape index (κ1) is 30.9. The number of imidazole rings is 1. The van der Waals surface area contributed by atoms with Gasteiger partial charge in [0, 0.05) is 23.3 Å². The number of rotatable bonds is 8. The van der Waals surface area contributed by atoms with Gasteiger partial charge in [-0.1, -0.05) is 65.7 Å². The number of aromatic nitrogens is 2. The molecule has 0 radical (unpaired) electrons. The number of alkyl halides is 3. The number of halogens is 5. The number of hydrogen-bond acceptors (Lipinski definition) is 4. The van der Waals surface area contributed by atoms with Crippen LogP contribution in [0.5, 0.6) is 11.5 Å². The van der Waals surface area contributed by atoms with E-state index in [0.717, 1.165) is 65.6 Å². The summed E-state index contributed by atoms with van der Waals surface area (Å²) >= 11 is 12.4. The Labute approximate surface area is 262 Å². The molecule has 224 valence electrons. The Kier molecular flexibility index (Phi) is 9.13. The first-order valence-electron chi connectivity index (χ1n) is 13.4. The number of aryl methyl sites for hydroxylation is 1. The number of methoxy groups -OCH3 is 1. The van der Waals surface area contributed by atoms with Gasteiger partial charge in [0.1, 0.15) is 17.3 Å². The van der Waals surface area contributed by atoms with Gasteiger partial charge in [0.15, 0.2) is 0 Å². The molecule has 5 rings (SSSR count). The number of ether oxygens (including phenoxy) is 2. The van der Waals surface area contributed by atoms with E-state index in [9.17, 15) is 18.0 Å². The van der Waals surface area contributed by atoms with E-state index in [2.05, 4.69) is 4.74 Å². The first-order valence-corrected chi connectivity index (χ1v) is 14.2. The molecular weight excluding hydrogens is 612 g/mol. The first-order chi connectivity index (χ1) is 21.0. The minimum atomic E-state index is -4.71. The molecule has 4 aromatic carbocycles. The van der Waals surface area contributed by atoms with Gasteiger partial charge in [-0.25, -0.2) is 9.78 Å². The molecule has 0 aliphatic carbocycles. The SMILES string of the molecule is CCn1cc(-c2ccc(Cl)cc2Cl)nc1/C=C/c1ccc(-c2ccc(Oc3ccc(C(F)(F)F)c(C(=O)OC)c3)cc2)cc1. The number of hydrogen-bond donors (Lipinski definition) is 0. The van der Waals surface area contributed by atoms with Crippen molar-refractivity contribution in [3.63, 3.8) is 0 Å². The van der Waals surface area contributed by atoms with Gasteiger partial charge in [0.05, 0.1) is 29.0 Å². The van der Waals surface area contributed by atoms with Crippen LogP contribution in [-0.4, -0.2) is 22.6 Å². The van der Waals surface area contributed by atoms with Gasteiger partial charge in [-0.15, -0.1) is 0 Å². The summed E-state index contributed by atoms with van der Waals surface area (Å²) in [5.41, 5.74) is 2.73. The fourth-order valence-corrected chi connectivity index (χ4v) is 5.07. The van der Waals surface area contributed by atoms with Gasteiger partial charge in [-0.2, -0.15) is 13.2 Å². The van der Waals surface area contributed by atoms with Crippen LogP contribution in [0.25, 0.3) is 34.5 Å². The highest BCUT2D eigenvalue weighted by Gasteiger charge is 2.36. The Bertz CT molecular complexity index is 1830. The molecule has 0 saturated heterocycles. The van der Waals surface area contributed by atoms with Crippen LogP contribution in [0.1, 0.15) is 34.2 Å². The lowest BCUT2D eigenvalue weighted by Crippen LogP contribution is -2.14. The molecule has 5 aromatic rings. The molecule has 0 N–H and O–H groups in total. The lowest BCUT2D eigenvalue weighted by Gasteiger charge is -2.13. The van der Waals surface area contributed by atoms with Gasteiger partial charge in [-0.3, -0.25) is 0 Å². The van der Waals surface area contributed by atoms with Gasteiger partial charge >= 0.3 is 12.1 Å². The average Bonchev–Trinajstić information content (AvgIpc) is 3.42. The lowest BCUT2D eigenvalue weighted by molar-refractivity contribution is -0.138. The van der Waals surface area contributed by atoms with E-state index in [4.69, 9.17) is 32.9 Å². The van der Waals surface area contributed by atoms with Gasteiger partial charge in [-0.05, 0) is 78.2 Å². The quantitative estimate of drug-likeness (QED) is 0.159. The van der Waals surface area contributed by atoms with E-state index in [0.29, 0.717) is 15.8 Å². The third-order valence-corrected chi connectivity index (χ3v) is 7.36. The third-order valence-electron chi connectivity index (χ3n) is 6.82. The molecule has 0 atom stereocenters. The zero-order valence-corrected chi connectivity index (χ0v) is 25.0. The summed E-state index contributed by atoms with van der Waals surface area (Å²) in [6, 6.07) is 23.4. The van der Waals surface area contributed by atoms with Crippen LogP contribution in [0, 0.1) is 0 Å². The van der Waals surface area contributed by atoms with Crippen molar-refractivity contribution in [2.24, 2.45) is 0 Å². The Morgan fingerprint density at radius 1 is 0.886 bits per heavy atom. The number of nitrogens with zero attached hydrogens (tertiary/aromatic N) is 2. The highest BCUT2D eigenvalue weighted by Crippen LogP contribution is 2.36. The fraction of sp³-hybridized carbons (Fsp3) is 0.118. The van der Waals surface area contributed by atoms with Crippen molar-refractivity contribution in [2.45, 2.75) is 19.6 Å². The summed E-state index contributed by atoms with van der Waals surface area (Å²) < 4.78 is 52.2. The van der Waals surface area contributed by atoms with E-state index >= 15 is 0 Å². The molecule has 0 bridgehead atoms. The van der Waals surface area contributed by atoms with Crippen molar-refractivity contribution in [1.82, 2.24) is 9.55 Å². The van der Waals surface area contributed by atoms with E-state index in [1.165, 1.54) is 0 Å². The molecule has 0 unspecified atom stereocenters. The molecule has 0 saturated carbocycles. The second-order valence-electron chi connectivity index (χ2n) is 9.67. The normalized spacial score (nSPS) is 11.6. The molecule has 0 amide bonds. The summed E-state index contributed by atoms with van der Waals surface area (Å²) in [7, 11) is 1.02. The summed E-state index contributed by atoms with van der Waals surface area (Å²) in [6.07, 6.45) is 1.18. The predicted molar refractivity (Wildman–Crippen MR) is 167 cm³/mol. The Balaban J connectivity index is 1.28. The minimum Gasteiger partial charge on any atom is -0.465 e. The molecule has 0 spiro atoms. The molecule has 10 heteroatoms. The number of carbonyl (C=O) groups is 1. The van der Waals surface area contributed by atoms with Crippen LogP contribution in [0.3, 0.4) is 0 Å². The molecule has 1 heterocycles. The standard InChI is InChI=1S/C34H25Cl2F3N2O3/c1-3-41-20-31(27-15-11-24(35)18-30(27)36)40-32(41)17-6-21-4-7-22(8-5-21)23-9-12-25(13-10-23)44-26-14-16-29(34(37,38)39)28(19-26)33(42)43-2/h4-20H,3H2,1-2H3/b17-6+. The van der Waals surface area contributed by atoms with E-state index in [-0.39, 0.29) is 5.75 Å². The topological polar surface area (TPSA) is 53.4 Å². The van der Waals surface area contributed by atoms with Crippen LogP contribution in [-0.2, 0) is 17.5 Å². The molecule has 5 nitrogen and oxygen atoms in total.